The maximum absolute atomic E-state index is 13.7. The molecule has 0 bridgehead atoms. The number of ether oxygens (including phenoxy) is 1. The van der Waals surface area contributed by atoms with Gasteiger partial charge in [-0.3, -0.25) is 4.79 Å². The minimum Gasteiger partial charge on any atom is -0.478 e. The maximum atomic E-state index is 13.7. The van der Waals surface area contributed by atoms with E-state index in [1.165, 1.54) is 6.92 Å². The predicted octanol–water partition coefficient (Wildman–Crippen LogP) is 0.767. The van der Waals surface area contributed by atoms with Crippen LogP contribution in [0.2, 0.25) is 0 Å². The zero-order valence-electron chi connectivity index (χ0n) is 11.2. The first-order valence-electron chi connectivity index (χ1n) is 6.02. The number of rotatable bonds is 6. The molecule has 20 heavy (non-hydrogen) atoms. The van der Waals surface area contributed by atoms with Crippen LogP contribution in [0.5, 0.6) is 5.75 Å². The highest BCUT2D eigenvalue weighted by Gasteiger charge is 2.18. The molecule has 1 aromatic carbocycles. The van der Waals surface area contributed by atoms with Crippen molar-refractivity contribution in [3.05, 3.63) is 24.0 Å². The summed E-state index contributed by atoms with van der Waals surface area (Å²) < 4.78 is 40.9. The Morgan fingerprint density at radius 1 is 1.50 bits per heavy atom. The Labute approximate surface area is 117 Å². The first kappa shape index (κ1) is 16.4. The monoisotopic (exact) mass is 304 g/mol. The minimum absolute atomic E-state index is 0.212. The Kier molecular flexibility index (Phi) is 5.46. The molecule has 0 aromatic heterocycles. The molecule has 1 atom stereocenters. The number of carbonyl (C=O) groups excluding carboxylic acids is 1. The molecule has 0 saturated carbocycles. The van der Waals surface area contributed by atoms with Crippen molar-refractivity contribution < 1.29 is 22.3 Å². The van der Waals surface area contributed by atoms with E-state index >= 15 is 0 Å². The van der Waals surface area contributed by atoms with Crippen LogP contribution >= 0.6 is 0 Å². The number of hydrogen-bond acceptors (Lipinski definition) is 4. The van der Waals surface area contributed by atoms with Gasteiger partial charge >= 0.3 is 0 Å². The van der Waals surface area contributed by atoms with Crippen molar-refractivity contribution in [2.24, 2.45) is 5.14 Å². The van der Waals surface area contributed by atoms with Gasteiger partial charge in [0.15, 0.2) is 17.7 Å². The van der Waals surface area contributed by atoms with Gasteiger partial charge in [-0.15, -0.1) is 0 Å². The van der Waals surface area contributed by atoms with Gasteiger partial charge in [0.1, 0.15) is 0 Å². The lowest BCUT2D eigenvalue weighted by Crippen LogP contribution is -2.36. The third-order valence-electron chi connectivity index (χ3n) is 2.45. The average molecular weight is 304 g/mol. The predicted molar refractivity (Wildman–Crippen MR) is 71.2 cm³/mol. The molecule has 0 aliphatic rings. The number of carbonyl (C=O) groups is 1. The highest BCUT2D eigenvalue weighted by Crippen LogP contribution is 2.21. The van der Waals surface area contributed by atoms with Crippen LogP contribution in [-0.2, 0) is 14.8 Å². The summed E-state index contributed by atoms with van der Waals surface area (Å²) in [4.78, 5) is 11.2. The van der Waals surface area contributed by atoms with Crippen molar-refractivity contribution in [3.8, 4) is 5.75 Å². The number of benzene rings is 1. The Balaban J connectivity index is 2.81. The number of nitrogens with one attached hydrogen (secondary N) is 1. The standard InChI is InChI=1S/C12H17FN2O4S/c1-3-6-15-12(16)8(2)19-11-5-4-9(7-10(11)13)20(14,17)18/h4-5,7-8H,3,6H2,1-2H3,(H,15,16)(H2,14,17,18). The molecule has 1 unspecified atom stereocenters. The van der Waals surface area contributed by atoms with Gasteiger partial charge in [-0.05, 0) is 31.5 Å². The van der Waals surface area contributed by atoms with E-state index in [1.807, 2.05) is 6.92 Å². The Hall–Kier alpha value is -1.67. The number of hydrogen-bond donors (Lipinski definition) is 2. The van der Waals surface area contributed by atoms with Crippen LogP contribution in [0.15, 0.2) is 23.1 Å². The van der Waals surface area contributed by atoms with E-state index in [-0.39, 0.29) is 16.6 Å². The number of nitrogens with two attached hydrogens (primary N) is 1. The van der Waals surface area contributed by atoms with Gasteiger partial charge in [-0.2, -0.15) is 0 Å². The largest absolute Gasteiger partial charge is 0.478 e. The second kappa shape index (κ2) is 6.67. The summed E-state index contributed by atoms with van der Waals surface area (Å²) in [7, 11) is -3.97. The normalized spacial score (nSPS) is 12.8. The van der Waals surface area contributed by atoms with Crippen LogP contribution in [0, 0.1) is 5.82 Å². The summed E-state index contributed by atoms with van der Waals surface area (Å²) in [6, 6.07) is 2.99. The minimum atomic E-state index is -3.97. The molecule has 8 heteroatoms. The Bertz CT molecular complexity index is 589. The van der Waals surface area contributed by atoms with E-state index in [1.54, 1.807) is 0 Å². The van der Waals surface area contributed by atoms with E-state index in [4.69, 9.17) is 9.88 Å². The molecule has 1 aromatic rings. The molecule has 0 radical (unpaired) electrons. The van der Waals surface area contributed by atoms with E-state index in [0.717, 1.165) is 24.6 Å². The van der Waals surface area contributed by atoms with Crippen molar-refractivity contribution in [2.75, 3.05) is 6.54 Å². The summed E-state index contributed by atoms with van der Waals surface area (Å²) in [5.41, 5.74) is 0. The molecule has 0 heterocycles. The molecule has 1 rings (SSSR count). The third-order valence-corrected chi connectivity index (χ3v) is 3.37. The van der Waals surface area contributed by atoms with Gasteiger partial charge in [0.2, 0.25) is 10.0 Å². The second-order valence-corrected chi connectivity index (χ2v) is 5.75. The Morgan fingerprint density at radius 3 is 2.65 bits per heavy atom. The number of primary sulfonamides is 1. The molecule has 0 saturated heterocycles. The van der Waals surface area contributed by atoms with Crippen molar-refractivity contribution in [3.63, 3.8) is 0 Å². The highest BCUT2D eigenvalue weighted by molar-refractivity contribution is 7.89. The van der Waals surface area contributed by atoms with E-state index in [9.17, 15) is 17.6 Å². The highest BCUT2D eigenvalue weighted by atomic mass is 32.2. The maximum Gasteiger partial charge on any atom is 0.260 e. The van der Waals surface area contributed by atoms with E-state index in [2.05, 4.69) is 5.32 Å². The van der Waals surface area contributed by atoms with Gasteiger partial charge in [0.25, 0.3) is 5.91 Å². The number of amides is 1. The zero-order valence-corrected chi connectivity index (χ0v) is 12.0. The van der Waals surface area contributed by atoms with Crippen LogP contribution in [0.25, 0.3) is 0 Å². The lowest BCUT2D eigenvalue weighted by Gasteiger charge is -2.15. The Morgan fingerprint density at radius 2 is 2.15 bits per heavy atom. The second-order valence-electron chi connectivity index (χ2n) is 4.19. The fourth-order valence-corrected chi connectivity index (χ4v) is 1.92. The first-order valence-corrected chi connectivity index (χ1v) is 7.57. The van der Waals surface area contributed by atoms with Crippen molar-refractivity contribution >= 4 is 15.9 Å². The molecule has 6 nitrogen and oxygen atoms in total. The fraction of sp³-hybridized carbons (Fsp3) is 0.417. The van der Waals surface area contributed by atoms with Crippen LogP contribution in [0.1, 0.15) is 20.3 Å². The molecule has 0 spiro atoms. The molecular weight excluding hydrogens is 287 g/mol. The third kappa shape index (κ3) is 4.46. The van der Waals surface area contributed by atoms with E-state index in [0.29, 0.717) is 6.54 Å². The number of halogens is 1. The molecular formula is C12H17FN2O4S. The lowest BCUT2D eigenvalue weighted by molar-refractivity contribution is -0.127. The number of sulfonamides is 1. The summed E-state index contributed by atoms with van der Waals surface area (Å²) in [6.07, 6.45) is -0.119. The molecule has 0 fully saturated rings. The molecule has 1 amide bonds. The van der Waals surface area contributed by atoms with Crippen molar-refractivity contribution in [1.29, 1.82) is 0 Å². The molecule has 112 valence electrons. The van der Waals surface area contributed by atoms with Gasteiger partial charge in [-0.1, -0.05) is 6.92 Å². The van der Waals surface area contributed by atoms with Gasteiger partial charge in [0, 0.05) is 6.54 Å². The summed E-state index contributed by atoms with van der Waals surface area (Å²) in [5.74, 6) is -1.48. The van der Waals surface area contributed by atoms with Crippen molar-refractivity contribution in [1.82, 2.24) is 5.32 Å². The van der Waals surface area contributed by atoms with E-state index < -0.39 is 21.9 Å². The smallest absolute Gasteiger partial charge is 0.260 e. The molecule has 0 aliphatic carbocycles. The average Bonchev–Trinajstić information content (AvgIpc) is 2.36. The van der Waals surface area contributed by atoms with Crippen molar-refractivity contribution in [2.45, 2.75) is 31.3 Å². The van der Waals surface area contributed by atoms with Gasteiger partial charge in [0.05, 0.1) is 4.90 Å². The fourth-order valence-electron chi connectivity index (χ4n) is 1.39. The summed E-state index contributed by atoms with van der Waals surface area (Å²) >= 11 is 0. The quantitative estimate of drug-likeness (QED) is 0.811. The van der Waals surface area contributed by atoms with Crippen LogP contribution < -0.4 is 15.2 Å². The SMILES string of the molecule is CCCNC(=O)C(C)Oc1ccc(S(N)(=O)=O)cc1F. The first-order chi connectivity index (χ1) is 9.25. The molecule has 3 N–H and O–H groups in total. The van der Waals surface area contributed by atoms with Crippen LogP contribution in [0.3, 0.4) is 0 Å². The van der Waals surface area contributed by atoms with Gasteiger partial charge < -0.3 is 10.1 Å². The van der Waals surface area contributed by atoms with Gasteiger partial charge in [-0.25, -0.2) is 17.9 Å². The summed E-state index contributed by atoms with van der Waals surface area (Å²) in [6.45, 7) is 3.87. The molecule has 0 aliphatic heterocycles. The summed E-state index contributed by atoms with van der Waals surface area (Å²) in [5, 5.41) is 7.49. The van der Waals surface area contributed by atoms with Crippen LogP contribution in [0.4, 0.5) is 4.39 Å². The lowest BCUT2D eigenvalue weighted by atomic mass is 10.3. The topological polar surface area (TPSA) is 98.5 Å². The zero-order chi connectivity index (χ0) is 15.3. The van der Waals surface area contributed by atoms with Crippen LogP contribution in [-0.4, -0.2) is 27.0 Å².